The summed E-state index contributed by atoms with van der Waals surface area (Å²) in [7, 11) is 0. The van der Waals surface area contributed by atoms with E-state index >= 15 is 0 Å². The molecule has 1 amide bonds. The first kappa shape index (κ1) is 20.0. The first-order valence-corrected chi connectivity index (χ1v) is 11.7. The number of nitrogens with zero attached hydrogens (tertiary/aromatic N) is 3. The largest absolute Gasteiger partial charge is 0.361 e. The summed E-state index contributed by atoms with van der Waals surface area (Å²) in [4.78, 5) is 26.3. The van der Waals surface area contributed by atoms with Crippen LogP contribution in [0.1, 0.15) is 28.2 Å². The molecule has 0 bridgehead atoms. The molecule has 0 saturated carbocycles. The summed E-state index contributed by atoms with van der Waals surface area (Å²) in [6.07, 6.45) is 6.17. The number of hydrogen-bond acceptors (Lipinski definition) is 4. The van der Waals surface area contributed by atoms with Crippen molar-refractivity contribution in [2.45, 2.75) is 19.4 Å². The van der Waals surface area contributed by atoms with Crippen LogP contribution < -0.4 is 0 Å². The standard InChI is InChI=1S/C25H26N4OS/c30-25(24-5-1-2-9-26-24)29(14-13-28-11-3-4-12-28)17-22-16-21(18-31-22)19-6-7-23-20(15-19)8-10-27-23/h1-2,5-10,15-16,18,27H,3-4,11-14,17H2. The molecular weight excluding hydrogens is 404 g/mol. The molecule has 4 aromatic rings. The Kier molecular flexibility index (Phi) is 5.82. The topological polar surface area (TPSA) is 52.2 Å². The van der Waals surface area contributed by atoms with Gasteiger partial charge in [-0.3, -0.25) is 9.78 Å². The Morgan fingerprint density at radius 3 is 2.84 bits per heavy atom. The minimum Gasteiger partial charge on any atom is -0.361 e. The molecule has 1 saturated heterocycles. The van der Waals surface area contributed by atoms with Crippen LogP contribution in [0.4, 0.5) is 0 Å². The second kappa shape index (κ2) is 9.04. The summed E-state index contributed by atoms with van der Waals surface area (Å²) in [5.41, 5.74) is 4.06. The van der Waals surface area contributed by atoms with Crippen LogP contribution >= 0.6 is 11.3 Å². The van der Waals surface area contributed by atoms with Crippen molar-refractivity contribution in [3.63, 3.8) is 0 Å². The molecule has 5 rings (SSSR count). The second-order valence-electron chi connectivity index (χ2n) is 8.07. The number of nitrogens with one attached hydrogen (secondary N) is 1. The van der Waals surface area contributed by atoms with Crippen molar-refractivity contribution in [3.8, 4) is 11.1 Å². The van der Waals surface area contributed by atoms with Gasteiger partial charge in [-0.1, -0.05) is 12.1 Å². The number of pyridine rings is 1. The fraction of sp³-hybridized carbons (Fsp3) is 0.280. The maximum atomic E-state index is 13.2. The molecule has 0 radical (unpaired) electrons. The molecule has 4 heterocycles. The van der Waals surface area contributed by atoms with Gasteiger partial charge in [0.2, 0.25) is 0 Å². The zero-order valence-corrected chi connectivity index (χ0v) is 18.3. The average molecular weight is 431 g/mol. The van der Waals surface area contributed by atoms with Gasteiger partial charge >= 0.3 is 0 Å². The van der Waals surface area contributed by atoms with Gasteiger partial charge in [0.05, 0.1) is 6.54 Å². The first-order valence-electron chi connectivity index (χ1n) is 10.8. The van der Waals surface area contributed by atoms with Crippen molar-refractivity contribution in [2.24, 2.45) is 0 Å². The van der Waals surface area contributed by atoms with Crippen molar-refractivity contribution >= 4 is 28.1 Å². The Labute approximate surface area is 186 Å². The van der Waals surface area contributed by atoms with Crippen LogP contribution in [0.2, 0.25) is 0 Å². The highest BCUT2D eigenvalue weighted by molar-refractivity contribution is 7.10. The van der Waals surface area contributed by atoms with E-state index in [1.54, 1.807) is 23.6 Å². The number of carbonyl (C=O) groups excluding carboxylic acids is 1. The molecule has 1 aliphatic rings. The average Bonchev–Trinajstić information content (AvgIpc) is 3.58. The van der Waals surface area contributed by atoms with E-state index in [2.05, 4.69) is 50.6 Å². The molecule has 6 heteroatoms. The monoisotopic (exact) mass is 430 g/mol. The summed E-state index contributed by atoms with van der Waals surface area (Å²) in [6, 6.07) is 16.3. The molecule has 0 atom stereocenters. The van der Waals surface area contributed by atoms with Gasteiger partial charge in [-0.05, 0) is 84.2 Å². The summed E-state index contributed by atoms with van der Waals surface area (Å²) in [5.74, 6) is 0.00323. The predicted octanol–water partition coefficient (Wildman–Crippen LogP) is 5.03. The molecule has 0 unspecified atom stereocenters. The van der Waals surface area contributed by atoms with Crippen LogP contribution in [-0.4, -0.2) is 51.9 Å². The highest BCUT2D eigenvalue weighted by Crippen LogP contribution is 2.29. The number of benzene rings is 1. The third-order valence-corrected chi connectivity index (χ3v) is 6.86. The minimum absolute atomic E-state index is 0.00323. The van der Waals surface area contributed by atoms with E-state index in [1.165, 1.54) is 34.2 Å². The second-order valence-corrected chi connectivity index (χ2v) is 9.07. The lowest BCUT2D eigenvalue weighted by Crippen LogP contribution is -2.37. The molecule has 0 spiro atoms. The number of aromatic nitrogens is 2. The normalized spacial score (nSPS) is 14.3. The van der Waals surface area contributed by atoms with Gasteiger partial charge in [0.25, 0.3) is 5.91 Å². The molecule has 0 aliphatic carbocycles. The molecule has 3 aromatic heterocycles. The molecule has 1 fully saturated rings. The van der Waals surface area contributed by atoms with Gasteiger partial charge in [0.1, 0.15) is 5.69 Å². The predicted molar refractivity (Wildman–Crippen MR) is 126 cm³/mol. The molecule has 1 N–H and O–H groups in total. The van der Waals surface area contributed by atoms with E-state index in [4.69, 9.17) is 0 Å². The van der Waals surface area contributed by atoms with Crippen LogP contribution in [0.5, 0.6) is 0 Å². The van der Waals surface area contributed by atoms with Gasteiger partial charge in [-0.2, -0.15) is 0 Å². The van der Waals surface area contributed by atoms with Gasteiger partial charge in [-0.15, -0.1) is 11.3 Å². The summed E-state index contributed by atoms with van der Waals surface area (Å²) in [5, 5.41) is 3.40. The Balaban J connectivity index is 1.34. The number of likely N-dealkylation sites (tertiary alicyclic amines) is 1. The highest BCUT2D eigenvalue weighted by Gasteiger charge is 2.20. The fourth-order valence-corrected chi connectivity index (χ4v) is 5.12. The third kappa shape index (κ3) is 4.55. The maximum Gasteiger partial charge on any atom is 0.272 e. The van der Waals surface area contributed by atoms with Crippen molar-refractivity contribution in [2.75, 3.05) is 26.2 Å². The van der Waals surface area contributed by atoms with E-state index in [9.17, 15) is 4.79 Å². The SMILES string of the molecule is O=C(c1ccccn1)N(CCN1CCCC1)Cc1cc(-c2ccc3[nH]ccc3c2)cs1. The fourth-order valence-electron chi connectivity index (χ4n) is 4.21. The summed E-state index contributed by atoms with van der Waals surface area (Å²) < 4.78 is 0. The van der Waals surface area contributed by atoms with E-state index in [0.717, 1.165) is 31.7 Å². The Morgan fingerprint density at radius 1 is 1.10 bits per heavy atom. The lowest BCUT2D eigenvalue weighted by Gasteiger charge is -2.25. The maximum absolute atomic E-state index is 13.2. The quantitative estimate of drug-likeness (QED) is 0.447. The van der Waals surface area contributed by atoms with Crippen LogP contribution in [0.25, 0.3) is 22.0 Å². The lowest BCUT2D eigenvalue weighted by atomic mass is 10.1. The van der Waals surface area contributed by atoms with E-state index in [-0.39, 0.29) is 5.91 Å². The highest BCUT2D eigenvalue weighted by atomic mass is 32.1. The number of thiophene rings is 1. The smallest absolute Gasteiger partial charge is 0.272 e. The van der Waals surface area contributed by atoms with Gasteiger partial charge < -0.3 is 14.8 Å². The van der Waals surface area contributed by atoms with Crippen molar-refractivity contribution < 1.29 is 4.79 Å². The van der Waals surface area contributed by atoms with Crippen LogP contribution in [-0.2, 0) is 6.54 Å². The van der Waals surface area contributed by atoms with Gasteiger partial charge in [-0.25, -0.2) is 0 Å². The number of carbonyl (C=O) groups is 1. The van der Waals surface area contributed by atoms with Crippen LogP contribution in [0, 0.1) is 0 Å². The van der Waals surface area contributed by atoms with Crippen LogP contribution in [0.3, 0.4) is 0 Å². The minimum atomic E-state index is 0.00323. The van der Waals surface area contributed by atoms with Crippen molar-refractivity contribution in [1.82, 2.24) is 19.8 Å². The molecule has 1 aromatic carbocycles. The molecule has 158 valence electrons. The van der Waals surface area contributed by atoms with E-state index < -0.39 is 0 Å². The number of amides is 1. The Morgan fingerprint density at radius 2 is 2.00 bits per heavy atom. The number of H-pyrrole nitrogens is 1. The van der Waals surface area contributed by atoms with Crippen molar-refractivity contribution in [1.29, 1.82) is 0 Å². The molecule has 5 nitrogen and oxygen atoms in total. The van der Waals surface area contributed by atoms with Gasteiger partial charge in [0, 0.05) is 35.9 Å². The summed E-state index contributed by atoms with van der Waals surface area (Å²) in [6.45, 7) is 4.52. The number of rotatable bonds is 7. The Hall–Kier alpha value is -2.96. The lowest BCUT2D eigenvalue weighted by molar-refractivity contribution is 0.0723. The van der Waals surface area contributed by atoms with Crippen LogP contribution in [0.15, 0.2) is 66.3 Å². The molecule has 1 aliphatic heterocycles. The number of hydrogen-bond donors (Lipinski definition) is 1. The number of fused-ring (bicyclic) bond motifs is 1. The van der Waals surface area contributed by atoms with E-state index in [1.807, 2.05) is 23.2 Å². The zero-order valence-electron chi connectivity index (χ0n) is 17.5. The Bertz CT molecular complexity index is 1160. The third-order valence-electron chi connectivity index (χ3n) is 5.94. The first-order chi connectivity index (χ1) is 15.3. The number of aromatic amines is 1. The zero-order chi connectivity index (χ0) is 21.0. The van der Waals surface area contributed by atoms with Crippen molar-refractivity contribution in [3.05, 3.63) is 76.9 Å². The van der Waals surface area contributed by atoms with E-state index in [0.29, 0.717) is 12.2 Å². The molecule has 31 heavy (non-hydrogen) atoms. The summed E-state index contributed by atoms with van der Waals surface area (Å²) >= 11 is 1.72. The van der Waals surface area contributed by atoms with Gasteiger partial charge in [0.15, 0.2) is 0 Å². The molecular formula is C25H26N4OS.